The van der Waals surface area contributed by atoms with Crippen LogP contribution in [0.3, 0.4) is 0 Å². The van der Waals surface area contributed by atoms with Crippen molar-refractivity contribution in [3.63, 3.8) is 0 Å². The van der Waals surface area contributed by atoms with Crippen molar-refractivity contribution in [1.29, 1.82) is 0 Å². The molecule has 0 aromatic carbocycles. The van der Waals surface area contributed by atoms with Crippen LogP contribution in [-0.4, -0.2) is 25.7 Å². The van der Waals surface area contributed by atoms with E-state index in [0.717, 1.165) is 36.8 Å². The molecule has 4 N–H and O–H groups in total. The maximum absolute atomic E-state index is 11.5. The fourth-order valence-corrected chi connectivity index (χ4v) is 3.28. The largest absolute Gasteiger partial charge is 0.397 e. The molecule has 0 fully saturated rings. The van der Waals surface area contributed by atoms with Crippen molar-refractivity contribution in [1.82, 2.24) is 19.7 Å². The Kier molecular flexibility index (Phi) is 3.78. The molecule has 0 spiro atoms. The Bertz CT molecular complexity index is 683. The van der Waals surface area contributed by atoms with Crippen LogP contribution in [0, 0.1) is 0 Å². The van der Waals surface area contributed by atoms with E-state index < -0.39 is 5.91 Å². The van der Waals surface area contributed by atoms with Crippen LogP contribution in [0.4, 0.5) is 5.69 Å². The van der Waals surface area contributed by atoms with Crippen molar-refractivity contribution >= 4 is 23.4 Å². The normalized spacial score (nSPS) is 14.5. The van der Waals surface area contributed by atoms with Gasteiger partial charge in [-0.3, -0.25) is 4.79 Å². The first kappa shape index (κ1) is 13.9. The SMILES string of the molecule is NC(=O)c1cc(N)cnc1Sc1nnc2n1CCCCC2. The van der Waals surface area contributed by atoms with E-state index in [1.54, 1.807) is 0 Å². The molecule has 1 aliphatic rings. The molecule has 0 radical (unpaired) electrons. The van der Waals surface area contributed by atoms with Gasteiger partial charge in [0, 0.05) is 13.0 Å². The van der Waals surface area contributed by atoms with E-state index in [9.17, 15) is 4.79 Å². The molecule has 0 atom stereocenters. The highest BCUT2D eigenvalue weighted by Gasteiger charge is 2.19. The smallest absolute Gasteiger partial charge is 0.251 e. The van der Waals surface area contributed by atoms with Crippen LogP contribution in [0.15, 0.2) is 22.4 Å². The first-order chi connectivity index (χ1) is 10.1. The van der Waals surface area contributed by atoms with Crippen molar-refractivity contribution in [3.8, 4) is 0 Å². The lowest BCUT2D eigenvalue weighted by Gasteiger charge is -2.08. The molecular formula is C13H16N6OS. The Morgan fingerprint density at radius 2 is 2.14 bits per heavy atom. The zero-order chi connectivity index (χ0) is 14.8. The lowest BCUT2D eigenvalue weighted by molar-refractivity contribution is 0.0997. The molecule has 110 valence electrons. The van der Waals surface area contributed by atoms with Gasteiger partial charge in [-0.15, -0.1) is 10.2 Å². The molecule has 2 aromatic rings. The van der Waals surface area contributed by atoms with Crippen LogP contribution >= 0.6 is 11.8 Å². The molecule has 0 unspecified atom stereocenters. The molecule has 3 heterocycles. The second-order valence-electron chi connectivity index (χ2n) is 4.95. The summed E-state index contributed by atoms with van der Waals surface area (Å²) in [6.07, 6.45) is 5.88. The lowest BCUT2D eigenvalue weighted by Crippen LogP contribution is -2.14. The summed E-state index contributed by atoms with van der Waals surface area (Å²) in [5.41, 5.74) is 11.8. The second kappa shape index (κ2) is 5.72. The number of nitrogens with zero attached hydrogens (tertiary/aromatic N) is 4. The minimum atomic E-state index is -0.548. The van der Waals surface area contributed by atoms with Gasteiger partial charge in [-0.2, -0.15) is 0 Å². The second-order valence-corrected chi connectivity index (χ2v) is 5.90. The van der Waals surface area contributed by atoms with Gasteiger partial charge in [0.15, 0.2) is 5.16 Å². The minimum Gasteiger partial charge on any atom is -0.397 e. The number of carbonyl (C=O) groups excluding carboxylic acids is 1. The molecule has 2 aromatic heterocycles. The number of hydrogen-bond acceptors (Lipinski definition) is 6. The van der Waals surface area contributed by atoms with Gasteiger partial charge in [0.1, 0.15) is 10.9 Å². The number of hydrogen-bond donors (Lipinski definition) is 2. The number of fused-ring (bicyclic) bond motifs is 1. The predicted octanol–water partition coefficient (Wildman–Crippen LogP) is 1.23. The Morgan fingerprint density at radius 1 is 1.29 bits per heavy atom. The number of rotatable bonds is 3. The van der Waals surface area contributed by atoms with Crippen LogP contribution in [0.2, 0.25) is 0 Å². The third-order valence-electron chi connectivity index (χ3n) is 3.40. The third kappa shape index (κ3) is 2.85. The van der Waals surface area contributed by atoms with Crippen LogP contribution in [0.1, 0.15) is 35.4 Å². The Morgan fingerprint density at radius 3 is 2.95 bits per heavy atom. The number of primary amides is 1. The first-order valence-electron chi connectivity index (χ1n) is 6.80. The Hall–Kier alpha value is -2.09. The maximum atomic E-state index is 11.5. The summed E-state index contributed by atoms with van der Waals surface area (Å²) in [7, 11) is 0. The van der Waals surface area contributed by atoms with Gasteiger partial charge in [-0.25, -0.2) is 4.98 Å². The van der Waals surface area contributed by atoms with Crippen molar-refractivity contribution in [2.75, 3.05) is 5.73 Å². The molecule has 0 saturated carbocycles. The van der Waals surface area contributed by atoms with E-state index in [4.69, 9.17) is 11.5 Å². The fourth-order valence-electron chi connectivity index (χ4n) is 2.35. The van der Waals surface area contributed by atoms with E-state index >= 15 is 0 Å². The number of aromatic nitrogens is 4. The van der Waals surface area contributed by atoms with Gasteiger partial charge in [0.05, 0.1) is 17.4 Å². The Balaban J connectivity index is 1.94. The fraction of sp³-hybridized carbons (Fsp3) is 0.385. The maximum Gasteiger partial charge on any atom is 0.251 e. The zero-order valence-corrected chi connectivity index (χ0v) is 12.3. The molecule has 21 heavy (non-hydrogen) atoms. The van der Waals surface area contributed by atoms with E-state index in [0.29, 0.717) is 16.3 Å². The van der Waals surface area contributed by atoms with Gasteiger partial charge in [-0.1, -0.05) is 6.42 Å². The summed E-state index contributed by atoms with van der Waals surface area (Å²) in [6, 6.07) is 1.54. The summed E-state index contributed by atoms with van der Waals surface area (Å²) in [5.74, 6) is 0.443. The highest BCUT2D eigenvalue weighted by Crippen LogP contribution is 2.30. The number of pyridine rings is 1. The average Bonchev–Trinajstić information content (AvgIpc) is 2.69. The summed E-state index contributed by atoms with van der Waals surface area (Å²) < 4.78 is 2.10. The summed E-state index contributed by atoms with van der Waals surface area (Å²) in [4.78, 5) is 15.7. The molecule has 3 rings (SSSR count). The van der Waals surface area contributed by atoms with Gasteiger partial charge in [0.25, 0.3) is 5.91 Å². The molecule has 0 aliphatic carbocycles. The van der Waals surface area contributed by atoms with E-state index in [2.05, 4.69) is 19.7 Å². The number of nitrogen functional groups attached to an aromatic ring is 1. The topological polar surface area (TPSA) is 113 Å². The summed E-state index contributed by atoms with van der Waals surface area (Å²) >= 11 is 1.30. The van der Waals surface area contributed by atoms with Crippen molar-refractivity contribution in [3.05, 3.63) is 23.7 Å². The van der Waals surface area contributed by atoms with Gasteiger partial charge < -0.3 is 16.0 Å². The number of anilines is 1. The minimum absolute atomic E-state index is 0.311. The van der Waals surface area contributed by atoms with Crippen LogP contribution in [0.5, 0.6) is 0 Å². The monoisotopic (exact) mass is 304 g/mol. The van der Waals surface area contributed by atoms with Gasteiger partial charge in [0.2, 0.25) is 0 Å². The molecule has 1 aliphatic heterocycles. The van der Waals surface area contributed by atoms with Gasteiger partial charge >= 0.3 is 0 Å². The van der Waals surface area contributed by atoms with Crippen LogP contribution < -0.4 is 11.5 Å². The summed E-state index contributed by atoms with van der Waals surface area (Å²) in [6.45, 7) is 0.894. The highest BCUT2D eigenvalue weighted by atomic mass is 32.2. The first-order valence-corrected chi connectivity index (χ1v) is 7.62. The van der Waals surface area contributed by atoms with E-state index in [1.807, 2.05) is 0 Å². The van der Waals surface area contributed by atoms with Crippen molar-refractivity contribution in [2.24, 2.45) is 5.73 Å². The number of nitrogens with two attached hydrogens (primary N) is 2. The van der Waals surface area contributed by atoms with Crippen LogP contribution in [-0.2, 0) is 13.0 Å². The molecule has 0 bridgehead atoms. The zero-order valence-electron chi connectivity index (χ0n) is 11.5. The average molecular weight is 304 g/mol. The quantitative estimate of drug-likeness (QED) is 0.882. The standard InChI is InChI=1S/C13H16N6OS/c14-8-6-9(11(15)20)12(16-7-8)21-13-18-17-10-4-2-1-3-5-19(10)13/h6-7H,1-5,14H2,(H2,15,20). The molecule has 8 heteroatoms. The van der Waals surface area contributed by atoms with Crippen molar-refractivity contribution < 1.29 is 4.79 Å². The molecular weight excluding hydrogens is 288 g/mol. The Labute approximate surface area is 126 Å². The van der Waals surface area contributed by atoms with Gasteiger partial charge in [-0.05, 0) is 30.7 Å². The molecule has 7 nitrogen and oxygen atoms in total. The predicted molar refractivity (Wildman–Crippen MR) is 78.9 cm³/mol. The molecule has 0 saturated heterocycles. The third-order valence-corrected chi connectivity index (χ3v) is 4.40. The van der Waals surface area contributed by atoms with E-state index in [-0.39, 0.29) is 0 Å². The molecule has 1 amide bonds. The number of aryl methyl sites for hydroxylation is 1. The number of carbonyl (C=O) groups is 1. The lowest BCUT2D eigenvalue weighted by atomic mass is 10.2. The van der Waals surface area contributed by atoms with E-state index in [1.165, 1.54) is 30.4 Å². The summed E-state index contributed by atoms with van der Waals surface area (Å²) in [5, 5.41) is 9.69. The van der Waals surface area contributed by atoms with Crippen LogP contribution in [0.25, 0.3) is 0 Å². The highest BCUT2D eigenvalue weighted by molar-refractivity contribution is 7.99. The number of amides is 1. The van der Waals surface area contributed by atoms with Crippen molar-refractivity contribution in [2.45, 2.75) is 42.4 Å².